The van der Waals surface area contributed by atoms with Crippen molar-refractivity contribution >= 4 is 5.91 Å². The lowest BCUT2D eigenvalue weighted by Crippen LogP contribution is -2.37. The first kappa shape index (κ1) is 18.5. The number of benzene rings is 2. The molecule has 0 unspecified atom stereocenters. The molecule has 0 radical (unpaired) electrons. The molecule has 0 saturated carbocycles. The van der Waals surface area contributed by atoms with Gasteiger partial charge in [0.2, 0.25) is 5.91 Å². The average Bonchev–Trinajstić information content (AvgIpc) is 3.07. The SMILES string of the molecule is CN(Cc1ccc(F)cc1)C(=O)CN1C[C@@H](CN)[C@H](c2ccccc2)C1. The fourth-order valence-corrected chi connectivity index (χ4v) is 3.67. The van der Waals surface area contributed by atoms with Crippen LogP contribution < -0.4 is 5.73 Å². The van der Waals surface area contributed by atoms with Crippen molar-refractivity contribution in [1.29, 1.82) is 0 Å². The third kappa shape index (κ3) is 4.48. The molecule has 1 saturated heterocycles. The molecule has 2 atom stereocenters. The van der Waals surface area contributed by atoms with Crippen molar-refractivity contribution in [3.63, 3.8) is 0 Å². The number of amides is 1. The molecular formula is C21H26FN3O. The van der Waals surface area contributed by atoms with E-state index in [9.17, 15) is 9.18 Å². The third-order valence-electron chi connectivity index (χ3n) is 5.16. The van der Waals surface area contributed by atoms with E-state index in [1.165, 1.54) is 17.7 Å². The van der Waals surface area contributed by atoms with E-state index in [1.807, 2.05) is 18.2 Å². The molecular weight excluding hydrogens is 329 g/mol. The van der Waals surface area contributed by atoms with Crippen LogP contribution in [0.2, 0.25) is 0 Å². The van der Waals surface area contributed by atoms with Crippen molar-refractivity contribution in [2.45, 2.75) is 12.5 Å². The third-order valence-corrected chi connectivity index (χ3v) is 5.16. The van der Waals surface area contributed by atoms with Gasteiger partial charge in [0.15, 0.2) is 0 Å². The van der Waals surface area contributed by atoms with Gasteiger partial charge in [0.25, 0.3) is 0 Å². The number of carbonyl (C=O) groups excluding carboxylic acids is 1. The Labute approximate surface area is 154 Å². The molecule has 2 N–H and O–H groups in total. The summed E-state index contributed by atoms with van der Waals surface area (Å²) in [5.41, 5.74) is 8.19. The second-order valence-corrected chi connectivity index (χ2v) is 7.08. The van der Waals surface area contributed by atoms with Gasteiger partial charge in [-0.1, -0.05) is 42.5 Å². The number of likely N-dealkylation sites (N-methyl/N-ethyl adjacent to an activating group) is 1. The highest BCUT2D eigenvalue weighted by Gasteiger charge is 2.33. The summed E-state index contributed by atoms with van der Waals surface area (Å²) in [7, 11) is 1.79. The minimum absolute atomic E-state index is 0.0683. The van der Waals surface area contributed by atoms with E-state index in [-0.39, 0.29) is 11.7 Å². The quantitative estimate of drug-likeness (QED) is 0.866. The maximum absolute atomic E-state index is 13.0. The van der Waals surface area contributed by atoms with Gasteiger partial charge in [-0.25, -0.2) is 4.39 Å². The van der Waals surface area contributed by atoms with Crippen LogP contribution in [-0.4, -0.2) is 48.9 Å². The van der Waals surface area contributed by atoms with Crippen LogP contribution in [0.15, 0.2) is 54.6 Å². The summed E-state index contributed by atoms with van der Waals surface area (Å²) in [5.74, 6) is 0.544. The Balaban J connectivity index is 1.58. The van der Waals surface area contributed by atoms with Gasteiger partial charge >= 0.3 is 0 Å². The van der Waals surface area contributed by atoms with Crippen molar-refractivity contribution < 1.29 is 9.18 Å². The highest BCUT2D eigenvalue weighted by molar-refractivity contribution is 5.78. The Morgan fingerprint density at radius 1 is 1.15 bits per heavy atom. The van der Waals surface area contributed by atoms with Crippen molar-refractivity contribution in [3.8, 4) is 0 Å². The summed E-state index contributed by atoms with van der Waals surface area (Å²) in [4.78, 5) is 16.5. The Morgan fingerprint density at radius 2 is 1.85 bits per heavy atom. The number of carbonyl (C=O) groups is 1. The van der Waals surface area contributed by atoms with E-state index >= 15 is 0 Å². The molecule has 1 heterocycles. The van der Waals surface area contributed by atoms with E-state index < -0.39 is 0 Å². The smallest absolute Gasteiger partial charge is 0.236 e. The van der Waals surface area contributed by atoms with Crippen molar-refractivity contribution in [3.05, 3.63) is 71.5 Å². The summed E-state index contributed by atoms with van der Waals surface area (Å²) in [5, 5.41) is 0. The largest absolute Gasteiger partial charge is 0.340 e. The zero-order valence-electron chi connectivity index (χ0n) is 15.1. The maximum Gasteiger partial charge on any atom is 0.236 e. The van der Waals surface area contributed by atoms with Gasteiger partial charge in [0, 0.05) is 32.6 Å². The highest BCUT2D eigenvalue weighted by atomic mass is 19.1. The molecule has 3 rings (SSSR count). The predicted molar refractivity (Wildman–Crippen MR) is 101 cm³/mol. The normalized spacial score (nSPS) is 20.3. The maximum atomic E-state index is 13.0. The molecule has 0 aromatic heterocycles. The zero-order valence-corrected chi connectivity index (χ0v) is 15.1. The lowest BCUT2D eigenvalue weighted by Gasteiger charge is -2.22. The fraction of sp³-hybridized carbons (Fsp3) is 0.381. The van der Waals surface area contributed by atoms with Gasteiger partial charge in [0.05, 0.1) is 6.54 Å². The molecule has 5 heteroatoms. The van der Waals surface area contributed by atoms with Crippen molar-refractivity contribution in [1.82, 2.24) is 9.80 Å². The van der Waals surface area contributed by atoms with E-state index in [0.29, 0.717) is 31.5 Å². The fourth-order valence-electron chi connectivity index (χ4n) is 3.67. The number of rotatable bonds is 6. The van der Waals surface area contributed by atoms with Crippen molar-refractivity contribution in [2.75, 3.05) is 33.2 Å². The first-order chi connectivity index (χ1) is 12.6. The predicted octanol–water partition coefficient (Wildman–Crippen LogP) is 2.46. The summed E-state index contributed by atoms with van der Waals surface area (Å²) in [6.45, 7) is 3.18. The molecule has 0 aliphatic carbocycles. The van der Waals surface area contributed by atoms with Gasteiger partial charge in [-0.05, 0) is 35.7 Å². The lowest BCUT2D eigenvalue weighted by atomic mass is 9.89. The molecule has 1 amide bonds. The minimum Gasteiger partial charge on any atom is -0.340 e. The molecule has 4 nitrogen and oxygen atoms in total. The summed E-state index contributed by atoms with van der Waals surface area (Å²) < 4.78 is 13.0. The Kier molecular flexibility index (Phi) is 6.01. The Hall–Kier alpha value is -2.24. The molecule has 26 heavy (non-hydrogen) atoms. The molecule has 0 spiro atoms. The van der Waals surface area contributed by atoms with E-state index in [4.69, 9.17) is 5.73 Å². The van der Waals surface area contributed by atoms with Gasteiger partial charge < -0.3 is 10.6 Å². The second kappa shape index (κ2) is 8.43. The second-order valence-electron chi connectivity index (χ2n) is 7.08. The van der Waals surface area contributed by atoms with Crippen LogP contribution in [0, 0.1) is 11.7 Å². The zero-order chi connectivity index (χ0) is 18.5. The summed E-state index contributed by atoms with van der Waals surface area (Å²) in [6, 6.07) is 16.7. The number of nitrogens with zero attached hydrogens (tertiary/aromatic N) is 2. The van der Waals surface area contributed by atoms with Crippen LogP contribution in [-0.2, 0) is 11.3 Å². The first-order valence-corrected chi connectivity index (χ1v) is 9.02. The monoisotopic (exact) mass is 355 g/mol. The van der Waals surface area contributed by atoms with Crippen molar-refractivity contribution in [2.24, 2.45) is 11.7 Å². The van der Waals surface area contributed by atoms with E-state index in [1.54, 1.807) is 24.1 Å². The van der Waals surface area contributed by atoms with E-state index in [0.717, 1.165) is 18.7 Å². The van der Waals surface area contributed by atoms with Gasteiger partial charge in [-0.3, -0.25) is 9.69 Å². The molecule has 1 aliphatic heterocycles. The van der Waals surface area contributed by atoms with Crippen LogP contribution >= 0.6 is 0 Å². The highest BCUT2D eigenvalue weighted by Crippen LogP contribution is 2.31. The van der Waals surface area contributed by atoms with Crippen LogP contribution in [0.25, 0.3) is 0 Å². The number of halogens is 1. The standard InChI is InChI=1S/C21H26FN3O/c1-24(12-16-7-9-19(22)10-8-16)21(26)15-25-13-18(11-23)20(14-25)17-5-3-2-4-6-17/h2-10,18,20H,11-15,23H2,1H3/t18-,20+/m1/s1. The molecule has 138 valence electrons. The van der Waals surface area contributed by atoms with Gasteiger partial charge in [-0.2, -0.15) is 0 Å². The topological polar surface area (TPSA) is 49.6 Å². The van der Waals surface area contributed by atoms with Gasteiger partial charge in [-0.15, -0.1) is 0 Å². The molecule has 2 aromatic rings. The van der Waals surface area contributed by atoms with Crippen LogP contribution in [0.5, 0.6) is 0 Å². The Morgan fingerprint density at radius 3 is 2.50 bits per heavy atom. The Bertz CT molecular complexity index is 720. The molecule has 1 fully saturated rings. The van der Waals surface area contributed by atoms with Crippen LogP contribution in [0.3, 0.4) is 0 Å². The first-order valence-electron chi connectivity index (χ1n) is 9.02. The minimum atomic E-state index is -0.264. The van der Waals surface area contributed by atoms with Crippen LogP contribution in [0.4, 0.5) is 4.39 Å². The number of nitrogens with two attached hydrogens (primary N) is 1. The summed E-state index contributed by atoms with van der Waals surface area (Å²) >= 11 is 0. The molecule has 2 aromatic carbocycles. The van der Waals surface area contributed by atoms with E-state index in [2.05, 4.69) is 17.0 Å². The summed E-state index contributed by atoms with van der Waals surface area (Å²) in [6.07, 6.45) is 0. The molecule has 1 aliphatic rings. The number of hydrogen-bond acceptors (Lipinski definition) is 3. The number of hydrogen-bond donors (Lipinski definition) is 1. The lowest BCUT2D eigenvalue weighted by molar-refractivity contribution is -0.131. The molecule has 0 bridgehead atoms. The van der Waals surface area contributed by atoms with Crippen LogP contribution in [0.1, 0.15) is 17.0 Å². The average molecular weight is 355 g/mol. The number of likely N-dealkylation sites (tertiary alicyclic amines) is 1. The van der Waals surface area contributed by atoms with Gasteiger partial charge in [0.1, 0.15) is 5.82 Å².